The zero-order valence-corrected chi connectivity index (χ0v) is 14.7. The number of carbonyl (C=O) groups excluding carboxylic acids is 1. The minimum Gasteiger partial charge on any atom is -0.404 e. The van der Waals surface area contributed by atoms with E-state index in [-0.39, 0.29) is 5.88 Å². The van der Waals surface area contributed by atoms with Crippen molar-refractivity contribution in [1.29, 1.82) is 0 Å². The highest BCUT2D eigenvalue weighted by Gasteiger charge is 2.34. The first-order valence-electron chi connectivity index (χ1n) is 7.67. The van der Waals surface area contributed by atoms with Crippen LogP contribution in [0.25, 0.3) is 0 Å². The third-order valence-corrected chi connectivity index (χ3v) is 5.23. The van der Waals surface area contributed by atoms with Crippen LogP contribution >= 0.6 is 0 Å². The summed E-state index contributed by atoms with van der Waals surface area (Å²) >= 11 is 0. The fourth-order valence-corrected chi connectivity index (χ4v) is 3.46. The number of ether oxygens (including phenoxy) is 1. The maximum absolute atomic E-state index is 12.8. The van der Waals surface area contributed by atoms with E-state index in [1.807, 2.05) is 0 Å². The maximum atomic E-state index is 12.8. The Morgan fingerprint density at radius 3 is 2.50 bits per heavy atom. The second-order valence-corrected chi connectivity index (χ2v) is 8.19. The summed E-state index contributed by atoms with van der Waals surface area (Å²) in [6.45, 7) is 1.70. The molecule has 1 fully saturated rings. The number of rotatable bonds is 4. The molecule has 140 valence electrons. The van der Waals surface area contributed by atoms with Crippen LogP contribution in [-0.4, -0.2) is 30.8 Å². The molecule has 1 heterocycles. The molecule has 0 saturated heterocycles. The van der Waals surface area contributed by atoms with E-state index in [9.17, 15) is 26.4 Å². The van der Waals surface area contributed by atoms with Crippen molar-refractivity contribution in [3.05, 3.63) is 40.6 Å². The largest absolute Gasteiger partial charge is 0.416 e. The Bertz CT molecular complexity index is 976. The summed E-state index contributed by atoms with van der Waals surface area (Å²) in [5, 5.41) is 6.64. The predicted molar refractivity (Wildman–Crippen MR) is 84.8 cm³/mol. The van der Waals surface area contributed by atoms with Crippen molar-refractivity contribution in [2.75, 3.05) is 6.26 Å². The van der Waals surface area contributed by atoms with Gasteiger partial charge in [-0.25, -0.2) is 18.3 Å². The average Bonchev–Trinajstić information content (AvgIpc) is 3.30. The molecule has 1 aliphatic rings. The quantitative estimate of drug-likeness (QED) is 0.813. The predicted octanol–water partition coefficient (Wildman–Crippen LogP) is 3.24. The topological polar surface area (TPSA) is 89.1 Å². The molecule has 1 aliphatic carbocycles. The smallest absolute Gasteiger partial charge is 0.404 e. The summed E-state index contributed by atoms with van der Waals surface area (Å²) in [6, 6.07) is 1.87. The molecule has 2 aromatic rings. The summed E-state index contributed by atoms with van der Waals surface area (Å²) in [5.41, 5.74) is -0.247. The Labute approximate surface area is 147 Å². The number of halogens is 3. The van der Waals surface area contributed by atoms with Gasteiger partial charge in [0.05, 0.1) is 21.7 Å². The second kappa shape index (κ2) is 6.11. The SMILES string of the molecule is Cc1c(C2CC2)n[nH]c1OC(=O)c1ccc(C(F)(F)F)cc1S(C)(=O)=O. The molecule has 1 N–H and O–H groups in total. The molecule has 0 unspecified atom stereocenters. The van der Waals surface area contributed by atoms with Crippen LogP contribution in [0.1, 0.15) is 45.9 Å². The van der Waals surface area contributed by atoms with Crippen molar-refractivity contribution in [2.45, 2.75) is 36.8 Å². The Morgan fingerprint density at radius 1 is 1.31 bits per heavy atom. The summed E-state index contributed by atoms with van der Waals surface area (Å²) in [6.07, 6.45) is -2.04. The molecule has 0 radical (unpaired) electrons. The number of aromatic nitrogens is 2. The lowest BCUT2D eigenvalue weighted by atomic mass is 10.1. The van der Waals surface area contributed by atoms with E-state index in [0.29, 0.717) is 23.6 Å². The number of esters is 1. The molecule has 0 atom stereocenters. The Morgan fingerprint density at radius 2 is 1.96 bits per heavy atom. The van der Waals surface area contributed by atoms with Gasteiger partial charge in [0.2, 0.25) is 5.88 Å². The van der Waals surface area contributed by atoms with E-state index in [1.165, 1.54) is 0 Å². The Balaban J connectivity index is 1.96. The first kappa shape index (κ1) is 18.4. The van der Waals surface area contributed by atoms with Crippen molar-refractivity contribution >= 4 is 15.8 Å². The molecule has 1 aromatic carbocycles. The number of nitrogens with zero attached hydrogens (tertiary/aromatic N) is 1. The number of carbonyl (C=O) groups is 1. The molecule has 6 nitrogen and oxygen atoms in total. The first-order chi connectivity index (χ1) is 12.0. The molecule has 1 aromatic heterocycles. The number of hydrogen-bond acceptors (Lipinski definition) is 5. The molecule has 1 saturated carbocycles. The van der Waals surface area contributed by atoms with Crippen LogP contribution in [0.2, 0.25) is 0 Å². The fraction of sp³-hybridized carbons (Fsp3) is 0.375. The van der Waals surface area contributed by atoms with Gasteiger partial charge in [-0.15, -0.1) is 0 Å². The highest BCUT2D eigenvalue weighted by molar-refractivity contribution is 7.90. The highest BCUT2D eigenvalue weighted by atomic mass is 32.2. The van der Waals surface area contributed by atoms with E-state index in [1.54, 1.807) is 6.92 Å². The van der Waals surface area contributed by atoms with Gasteiger partial charge in [0.15, 0.2) is 9.84 Å². The van der Waals surface area contributed by atoms with Crippen LogP contribution in [0.15, 0.2) is 23.1 Å². The standard InChI is InChI=1S/C16H15F3N2O4S/c1-8-13(9-3-4-9)20-21-14(8)25-15(22)11-6-5-10(16(17,18)19)7-12(11)26(2,23)24/h5-7,9H,3-4H2,1-2H3,(H,20,21). The summed E-state index contributed by atoms with van der Waals surface area (Å²) < 4.78 is 67.4. The third-order valence-electron chi connectivity index (χ3n) is 4.09. The normalized spacial score (nSPS) is 15.1. The van der Waals surface area contributed by atoms with Gasteiger partial charge >= 0.3 is 12.1 Å². The van der Waals surface area contributed by atoms with Gasteiger partial charge in [-0.3, -0.25) is 0 Å². The van der Waals surface area contributed by atoms with Gasteiger partial charge in [-0.1, -0.05) is 0 Å². The van der Waals surface area contributed by atoms with Gasteiger partial charge in [0, 0.05) is 17.7 Å². The molecule has 0 aliphatic heterocycles. The zero-order valence-electron chi connectivity index (χ0n) is 13.8. The maximum Gasteiger partial charge on any atom is 0.416 e. The van der Waals surface area contributed by atoms with Crippen LogP contribution in [0.4, 0.5) is 13.2 Å². The van der Waals surface area contributed by atoms with E-state index < -0.39 is 38.0 Å². The third kappa shape index (κ3) is 3.59. The van der Waals surface area contributed by atoms with E-state index in [4.69, 9.17) is 4.74 Å². The van der Waals surface area contributed by atoms with Crippen molar-refractivity contribution in [1.82, 2.24) is 10.2 Å². The Kier molecular flexibility index (Phi) is 4.33. The molecular formula is C16H15F3N2O4S. The number of nitrogens with one attached hydrogen (secondary N) is 1. The minimum absolute atomic E-state index is 0.0521. The Hall–Kier alpha value is -2.36. The number of H-pyrrole nitrogens is 1. The van der Waals surface area contributed by atoms with E-state index in [2.05, 4.69) is 10.2 Å². The van der Waals surface area contributed by atoms with Gasteiger partial charge < -0.3 is 4.74 Å². The number of alkyl halides is 3. The lowest BCUT2D eigenvalue weighted by Crippen LogP contribution is -2.16. The second-order valence-electron chi connectivity index (χ2n) is 6.21. The van der Waals surface area contributed by atoms with Crippen molar-refractivity contribution in [2.24, 2.45) is 0 Å². The number of hydrogen-bond donors (Lipinski definition) is 1. The van der Waals surface area contributed by atoms with Gasteiger partial charge in [0.25, 0.3) is 0 Å². The molecule has 26 heavy (non-hydrogen) atoms. The molecule has 3 rings (SSSR count). The van der Waals surface area contributed by atoms with Crippen LogP contribution in [0.3, 0.4) is 0 Å². The summed E-state index contributed by atoms with van der Waals surface area (Å²) in [5.74, 6) is -0.721. The number of sulfone groups is 1. The minimum atomic E-state index is -4.74. The van der Waals surface area contributed by atoms with Gasteiger partial charge in [-0.05, 0) is 38.0 Å². The van der Waals surface area contributed by atoms with Crippen molar-refractivity contribution in [3.8, 4) is 5.88 Å². The molecule has 0 amide bonds. The number of benzene rings is 1. The molecule has 0 spiro atoms. The van der Waals surface area contributed by atoms with Gasteiger partial charge in [0.1, 0.15) is 0 Å². The molecule has 10 heteroatoms. The zero-order chi connectivity index (χ0) is 19.3. The lowest BCUT2D eigenvalue weighted by Gasteiger charge is -2.12. The van der Waals surface area contributed by atoms with Crippen molar-refractivity contribution in [3.63, 3.8) is 0 Å². The lowest BCUT2D eigenvalue weighted by molar-refractivity contribution is -0.137. The van der Waals surface area contributed by atoms with Crippen LogP contribution < -0.4 is 4.74 Å². The average molecular weight is 388 g/mol. The molecule has 0 bridgehead atoms. The summed E-state index contributed by atoms with van der Waals surface area (Å²) in [4.78, 5) is 11.6. The van der Waals surface area contributed by atoms with E-state index in [0.717, 1.165) is 30.9 Å². The van der Waals surface area contributed by atoms with E-state index >= 15 is 0 Å². The number of aromatic amines is 1. The van der Waals surface area contributed by atoms with Gasteiger partial charge in [-0.2, -0.15) is 18.3 Å². The molecular weight excluding hydrogens is 373 g/mol. The van der Waals surface area contributed by atoms with Crippen LogP contribution in [0, 0.1) is 6.92 Å². The first-order valence-corrected chi connectivity index (χ1v) is 9.56. The fourth-order valence-electron chi connectivity index (χ4n) is 2.57. The van der Waals surface area contributed by atoms with Crippen molar-refractivity contribution < 1.29 is 31.1 Å². The monoisotopic (exact) mass is 388 g/mol. The van der Waals surface area contributed by atoms with Crippen LogP contribution in [-0.2, 0) is 16.0 Å². The summed E-state index contributed by atoms with van der Waals surface area (Å²) in [7, 11) is -4.09. The van der Waals surface area contributed by atoms with Crippen LogP contribution in [0.5, 0.6) is 5.88 Å². The highest BCUT2D eigenvalue weighted by Crippen LogP contribution is 2.42.